The first-order valence-corrected chi connectivity index (χ1v) is 6.54. The first-order valence-electron chi connectivity index (χ1n) is 6.54. The van der Waals surface area contributed by atoms with Crippen molar-refractivity contribution in [1.29, 1.82) is 0 Å². The zero-order valence-electron chi connectivity index (χ0n) is 10.9. The van der Waals surface area contributed by atoms with Crippen molar-refractivity contribution in [2.45, 2.75) is 25.2 Å². The van der Waals surface area contributed by atoms with Gasteiger partial charge in [0, 0.05) is 23.5 Å². The lowest BCUT2D eigenvalue weighted by Crippen LogP contribution is -2.38. The lowest BCUT2D eigenvalue weighted by atomic mass is 9.78. The van der Waals surface area contributed by atoms with Gasteiger partial charge in [0.2, 0.25) is 0 Å². The van der Waals surface area contributed by atoms with E-state index in [0.29, 0.717) is 5.69 Å². The van der Waals surface area contributed by atoms with Gasteiger partial charge in [-0.2, -0.15) is 0 Å². The van der Waals surface area contributed by atoms with E-state index < -0.39 is 0 Å². The van der Waals surface area contributed by atoms with Crippen LogP contribution >= 0.6 is 0 Å². The molecule has 0 spiro atoms. The van der Waals surface area contributed by atoms with E-state index in [1.807, 2.05) is 10.8 Å². The average Bonchev–Trinajstić information content (AvgIpc) is 2.90. The Balaban J connectivity index is 2.06. The van der Waals surface area contributed by atoms with Crippen LogP contribution in [0.1, 0.15) is 25.5 Å². The molecule has 100 valence electrons. The summed E-state index contributed by atoms with van der Waals surface area (Å²) < 4.78 is 15.8. The molecule has 0 radical (unpaired) electrons. The topological polar surface area (TPSA) is 42.7 Å². The summed E-state index contributed by atoms with van der Waals surface area (Å²) in [4.78, 5) is 8.01. The van der Waals surface area contributed by atoms with Gasteiger partial charge < -0.3 is 5.32 Å². The van der Waals surface area contributed by atoms with Crippen LogP contribution in [0, 0.1) is 5.82 Å². The highest BCUT2D eigenvalue weighted by atomic mass is 19.1. The molecule has 0 saturated carbocycles. The Morgan fingerprint density at radius 3 is 2.79 bits per heavy atom. The van der Waals surface area contributed by atoms with Crippen molar-refractivity contribution >= 4 is 0 Å². The minimum Gasteiger partial charge on any atom is -0.317 e. The number of aromatic nitrogens is 3. The molecule has 3 rings (SSSR count). The highest BCUT2D eigenvalue weighted by Crippen LogP contribution is 2.34. The predicted molar refractivity (Wildman–Crippen MR) is 70.8 cm³/mol. The number of imidazole rings is 1. The van der Waals surface area contributed by atoms with E-state index in [1.54, 1.807) is 18.6 Å². The lowest BCUT2D eigenvalue weighted by molar-refractivity contribution is 0.323. The SMILES string of the molecule is CC1(c2cncn2-c2ccncc2F)CCNCC1. The maximum absolute atomic E-state index is 13.9. The van der Waals surface area contributed by atoms with Crippen LogP contribution in [0.4, 0.5) is 4.39 Å². The molecule has 0 aliphatic carbocycles. The Bertz CT molecular complexity index is 572. The normalized spacial score (nSPS) is 18.4. The highest BCUT2D eigenvalue weighted by Gasteiger charge is 2.32. The quantitative estimate of drug-likeness (QED) is 0.898. The standard InChI is InChI=1S/C14H17FN4/c1-14(3-6-16-7-4-14)13-9-18-10-19(13)12-2-5-17-8-11(12)15/h2,5,8-10,16H,3-4,6-7H2,1H3. The summed E-state index contributed by atoms with van der Waals surface area (Å²) in [6.07, 6.45) is 8.44. The van der Waals surface area contributed by atoms with Crippen molar-refractivity contribution in [3.8, 4) is 5.69 Å². The van der Waals surface area contributed by atoms with Crippen molar-refractivity contribution in [2.24, 2.45) is 0 Å². The third-order valence-electron chi connectivity index (χ3n) is 3.97. The van der Waals surface area contributed by atoms with Crippen molar-refractivity contribution in [3.05, 3.63) is 42.5 Å². The molecule has 0 atom stereocenters. The molecular formula is C14H17FN4. The summed E-state index contributed by atoms with van der Waals surface area (Å²) in [5.41, 5.74) is 1.62. The average molecular weight is 260 g/mol. The molecule has 1 aliphatic heterocycles. The zero-order valence-corrected chi connectivity index (χ0v) is 10.9. The minimum atomic E-state index is -0.320. The van der Waals surface area contributed by atoms with Crippen molar-refractivity contribution < 1.29 is 4.39 Å². The first kappa shape index (κ1) is 12.3. The smallest absolute Gasteiger partial charge is 0.165 e. The van der Waals surface area contributed by atoms with Gasteiger partial charge >= 0.3 is 0 Å². The number of halogens is 1. The van der Waals surface area contributed by atoms with Gasteiger partial charge in [-0.3, -0.25) is 9.55 Å². The molecule has 0 unspecified atom stereocenters. The number of hydrogen-bond acceptors (Lipinski definition) is 3. The molecule has 5 heteroatoms. The minimum absolute atomic E-state index is 0.0391. The fraction of sp³-hybridized carbons (Fsp3) is 0.429. The Kier molecular flexibility index (Phi) is 3.06. The number of piperidine rings is 1. The first-order chi connectivity index (χ1) is 9.21. The molecule has 4 nitrogen and oxygen atoms in total. The molecule has 1 aliphatic rings. The molecule has 2 aromatic heterocycles. The maximum Gasteiger partial charge on any atom is 0.165 e. The summed E-state index contributed by atoms with van der Waals surface area (Å²) in [6.45, 7) is 4.20. The highest BCUT2D eigenvalue weighted by molar-refractivity contribution is 5.35. The maximum atomic E-state index is 13.9. The van der Waals surface area contributed by atoms with E-state index in [9.17, 15) is 4.39 Å². The Labute approximate surface area is 111 Å². The van der Waals surface area contributed by atoms with E-state index in [-0.39, 0.29) is 11.2 Å². The number of nitrogens with zero attached hydrogens (tertiary/aromatic N) is 3. The van der Waals surface area contributed by atoms with Gasteiger partial charge in [0.15, 0.2) is 5.82 Å². The van der Waals surface area contributed by atoms with E-state index in [0.717, 1.165) is 31.6 Å². The summed E-state index contributed by atoms with van der Waals surface area (Å²) >= 11 is 0. The van der Waals surface area contributed by atoms with Crippen LogP contribution in [-0.2, 0) is 5.41 Å². The van der Waals surface area contributed by atoms with Crippen LogP contribution in [0.2, 0.25) is 0 Å². The molecule has 2 aromatic rings. The number of pyridine rings is 1. The third kappa shape index (κ3) is 2.14. The third-order valence-corrected chi connectivity index (χ3v) is 3.97. The van der Waals surface area contributed by atoms with Crippen molar-refractivity contribution in [3.63, 3.8) is 0 Å². The monoisotopic (exact) mass is 260 g/mol. The second-order valence-corrected chi connectivity index (χ2v) is 5.29. The van der Waals surface area contributed by atoms with Gasteiger partial charge in [-0.1, -0.05) is 6.92 Å². The van der Waals surface area contributed by atoms with Crippen molar-refractivity contribution in [2.75, 3.05) is 13.1 Å². The molecule has 0 bridgehead atoms. The van der Waals surface area contributed by atoms with Crippen LogP contribution in [-0.4, -0.2) is 27.6 Å². The van der Waals surface area contributed by atoms with Gasteiger partial charge in [0.05, 0.1) is 18.2 Å². The molecule has 1 saturated heterocycles. The molecule has 19 heavy (non-hydrogen) atoms. The summed E-state index contributed by atoms with van der Waals surface area (Å²) in [5.74, 6) is -0.320. The van der Waals surface area contributed by atoms with E-state index in [1.165, 1.54) is 6.20 Å². The van der Waals surface area contributed by atoms with E-state index in [4.69, 9.17) is 0 Å². The van der Waals surface area contributed by atoms with Gasteiger partial charge in [-0.05, 0) is 32.0 Å². The number of nitrogens with one attached hydrogen (secondary N) is 1. The zero-order chi connectivity index (χ0) is 13.3. The largest absolute Gasteiger partial charge is 0.317 e. The number of rotatable bonds is 2. The summed E-state index contributed by atoms with van der Waals surface area (Å²) in [7, 11) is 0. The Morgan fingerprint density at radius 1 is 1.26 bits per heavy atom. The fourth-order valence-electron chi connectivity index (χ4n) is 2.73. The molecule has 3 heterocycles. The summed E-state index contributed by atoms with van der Waals surface area (Å²) in [6, 6.07) is 1.69. The second kappa shape index (κ2) is 4.74. The van der Waals surface area contributed by atoms with Crippen LogP contribution in [0.25, 0.3) is 5.69 Å². The van der Waals surface area contributed by atoms with Gasteiger partial charge in [-0.25, -0.2) is 9.37 Å². The molecule has 0 aromatic carbocycles. The van der Waals surface area contributed by atoms with Gasteiger partial charge in [-0.15, -0.1) is 0 Å². The Morgan fingerprint density at radius 2 is 2.05 bits per heavy atom. The van der Waals surface area contributed by atoms with Crippen LogP contribution in [0.3, 0.4) is 0 Å². The van der Waals surface area contributed by atoms with E-state index in [2.05, 4.69) is 22.2 Å². The Hall–Kier alpha value is -1.75. The lowest BCUT2D eigenvalue weighted by Gasteiger charge is -2.34. The molecular weight excluding hydrogens is 243 g/mol. The van der Waals surface area contributed by atoms with Crippen molar-refractivity contribution in [1.82, 2.24) is 19.9 Å². The summed E-state index contributed by atoms with van der Waals surface area (Å²) in [5, 5.41) is 3.36. The van der Waals surface area contributed by atoms with Crippen LogP contribution in [0.15, 0.2) is 31.0 Å². The van der Waals surface area contributed by atoms with Gasteiger partial charge in [0.25, 0.3) is 0 Å². The van der Waals surface area contributed by atoms with Crippen LogP contribution in [0.5, 0.6) is 0 Å². The molecule has 1 fully saturated rings. The molecule has 1 N–H and O–H groups in total. The second-order valence-electron chi connectivity index (χ2n) is 5.29. The van der Waals surface area contributed by atoms with Crippen LogP contribution < -0.4 is 5.32 Å². The number of hydrogen-bond donors (Lipinski definition) is 1. The molecule has 0 amide bonds. The fourth-order valence-corrected chi connectivity index (χ4v) is 2.73. The predicted octanol–water partition coefficient (Wildman–Crippen LogP) is 2.05. The van der Waals surface area contributed by atoms with Gasteiger partial charge in [0.1, 0.15) is 0 Å². The van der Waals surface area contributed by atoms with E-state index >= 15 is 0 Å².